The standard InChI is InChI=1S/C12H27IO2Si/c1-9(2)10(13)11(14-6)15-16(7,8)12(3,4)5/h9-11H,1-8H3/t10-,11+/m0/s1. The van der Waals surface area contributed by atoms with Gasteiger partial charge in [0.1, 0.15) is 0 Å². The van der Waals surface area contributed by atoms with E-state index in [1.54, 1.807) is 7.11 Å². The molecule has 2 atom stereocenters. The zero-order chi connectivity index (χ0) is 13.1. The Morgan fingerprint density at radius 3 is 1.81 bits per heavy atom. The Morgan fingerprint density at radius 1 is 1.12 bits per heavy atom. The second-order valence-corrected chi connectivity index (χ2v) is 12.4. The van der Waals surface area contributed by atoms with E-state index in [4.69, 9.17) is 9.16 Å². The van der Waals surface area contributed by atoms with E-state index in [0.717, 1.165) is 0 Å². The average molecular weight is 358 g/mol. The van der Waals surface area contributed by atoms with Gasteiger partial charge in [0.05, 0.1) is 3.92 Å². The molecule has 0 aromatic heterocycles. The Balaban J connectivity index is 4.67. The number of hydrogen-bond acceptors (Lipinski definition) is 2. The van der Waals surface area contributed by atoms with Gasteiger partial charge < -0.3 is 9.16 Å². The first-order valence-electron chi connectivity index (χ1n) is 5.87. The summed E-state index contributed by atoms with van der Waals surface area (Å²) in [6, 6.07) is 0. The molecule has 0 fully saturated rings. The molecule has 0 bridgehead atoms. The van der Waals surface area contributed by atoms with Crippen molar-refractivity contribution in [3.05, 3.63) is 0 Å². The van der Waals surface area contributed by atoms with Crippen molar-refractivity contribution in [1.29, 1.82) is 0 Å². The van der Waals surface area contributed by atoms with Gasteiger partial charge in [-0.2, -0.15) is 0 Å². The molecule has 0 heterocycles. The smallest absolute Gasteiger partial charge is 0.195 e. The van der Waals surface area contributed by atoms with Gasteiger partial charge in [-0.25, -0.2) is 0 Å². The summed E-state index contributed by atoms with van der Waals surface area (Å²) in [4.78, 5) is 0. The van der Waals surface area contributed by atoms with Crippen molar-refractivity contribution in [2.24, 2.45) is 5.92 Å². The summed E-state index contributed by atoms with van der Waals surface area (Å²) in [6.07, 6.45) is -0.0820. The van der Waals surface area contributed by atoms with Crippen LogP contribution in [0.15, 0.2) is 0 Å². The maximum absolute atomic E-state index is 6.28. The lowest BCUT2D eigenvalue weighted by molar-refractivity contribution is -0.0657. The number of methoxy groups -OCH3 is 1. The first kappa shape index (κ1) is 16.9. The third kappa shape index (κ3) is 4.62. The summed E-state index contributed by atoms with van der Waals surface area (Å²) in [5, 5.41) is 0.233. The van der Waals surface area contributed by atoms with Crippen LogP contribution in [0.3, 0.4) is 0 Å². The third-order valence-electron chi connectivity index (χ3n) is 3.35. The molecule has 0 radical (unpaired) electrons. The summed E-state index contributed by atoms with van der Waals surface area (Å²) in [6.45, 7) is 15.7. The van der Waals surface area contributed by atoms with Crippen molar-refractivity contribution in [1.82, 2.24) is 0 Å². The predicted octanol–water partition coefficient (Wildman–Crippen LogP) is 4.44. The SMILES string of the molecule is CO[C@H](O[Si](C)(C)C(C)(C)C)[C@@H](I)C(C)C. The molecule has 0 aliphatic heterocycles. The van der Waals surface area contributed by atoms with Crippen LogP contribution in [0.4, 0.5) is 0 Å². The first-order chi connectivity index (χ1) is 7.03. The number of alkyl halides is 1. The van der Waals surface area contributed by atoms with Gasteiger partial charge in [0.25, 0.3) is 0 Å². The van der Waals surface area contributed by atoms with Crippen LogP contribution in [0.1, 0.15) is 34.6 Å². The lowest BCUT2D eigenvalue weighted by Gasteiger charge is -2.40. The first-order valence-corrected chi connectivity index (χ1v) is 10.0. The van der Waals surface area contributed by atoms with E-state index in [1.807, 2.05) is 0 Å². The van der Waals surface area contributed by atoms with Crippen LogP contribution >= 0.6 is 22.6 Å². The zero-order valence-electron chi connectivity index (χ0n) is 11.9. The van der Waals surface area contributed by atoms with Crippen molar-refractivity contribution in [2.45, 2.75) is 63.0 Å². The topological polar surface area (TPSA) is 18.5 Å². The van der Waals surface area contributed by atoms with Crippen molar-refractivity contribution in [3.8, 4) is 0 Å². The molecule has 0 aliphatic carbocycles. The van der Waals surface area contributed by atoms with Crippen LogP contribution in [-0.2, 0) is 9.16 Å². The summed E-state index contributed by atoms with van der Waals surface area (Å²) < 4.78 is 12.2. The molecule has 0 spiro atoms. The second-order valence-electron chi connectivity index (χ2n) is 6.17. The van der Waals surface area contributed by atoms with Gasteiger partial charge in [-0.15, -0.1) is 0 Å². The number of ether oxygens (including phenoxy) is 1. The van der Waals surface area contributed by atoms with Crippen LogP contribution < -0.4 is 0 Å². The van der Waals surface area contributed by atoms with E-state index in [0.29, 0.717) is 9.84 Å². The van der Waals surface area contributed by atoms with Crippen LogP contribution in [0.5, 0.6) is 0 Å². The van der Waals surface area contributed by atoms with Crippen LogP contribution in [0.25, 0.3) is 0 Å². The Bertz CT molecular complexity index is 212. The highest BCUT2D eigenvalue weighted by Crippen LogP contribution is 2.38. The maximum Gasteiger partial charge on any atom is 0.195 e. The molecule has 0 amide bonds. The van der Waals surface area contributed by atoms with Gasteiger partial charge in [-0.3, -0.25) is 0 Å². The summed E-state index contributed by atoms with van der Waals surface area (Å²) >= 11 is 2.43. The Labute approximate surface area is 116 Å². The lowest BCUT2D eigenvalue weighted by atomic mass is 10.1. The maximum atomic E-state index is 6.28. The molecule has 98 valence electrons. The van der Waals surface area contributed by atoms with E-state index in [-0.39, 0.29) is 11.3 Å². The van der Waals surface area contributed by atoms with Gasteiger partial charge in [0.15, 0.2) is 14.6 Å². The Kier molecular flexibility index (Phi) is 6.49. The molecule has 0 rings (SSSR count). The second kappa shape index (κ2) is 6.16. The van der Waals surface area contributed by atoms with Gasteiger partial charge in [-0.1, -0.05) is 57.2 Å². The molecule has 16 heavy (non-hydrogen) atoms. The highest BCUT2D eigenvalue weighted by atomic mass is 127. The minimum atomic E-state index is -1.73. The largest absolute Gasteiger partial charge is 0.391 e. The molecule has 0 aromatic rings. The average Bonchev–Trinajstić information content (AvgIpc) is 2.11. The van der Waals surface area contributed by atoms with Crippen molar-refractivity contribution < 1.29 is 9.16 Å². The molecule has 0 N–H and O–H groups in total. The normalized spacial score (nSPS) is 17.6. The van der Waals surface area contributed by atoms with Gasteiger partial charge in [0.2, 0.25) is 0 Å². The molecule has 0 saturated carbocycles. The molecule has 4 heteroatoms. The third-order valence-corrected chi connectivity index (χ3v) is 9.81. The fraction of sp³-hybridized carbons (Fsp3) is 1.00. The summed E-state index contributed by atoms with van der Waals surface area (Å²) in [7, 11) is 0.0145. The molecule has 0 aliphatic rings. The van der Waals surface area contributed by atoms with E-state index in [2.05, 4.69) is 70.3 Å². The molecule has 2 nitrogen and oxygen atoms in total. The summed E-state index contributed by atoms with van der Waals surface area (Å²) in [5.74, 6) is 0.565. The van der Waals surface area contributed by atoms with Gasteiger partial charge in [-0.05, 0) is 24.1 Å². The monoisotopic (exact) mass is 358 g/mol. The van der Waals surface area contributed by atoms with E-state index in [9.17, 15) is 0 Å². The molecule has 0 unspecified atom stereocenters. The van der Waals surface area contributed by atoms with Gasteiger partial charge in [0, 0.05) is 7.11 Å². The Morgan fingerprint density at radius 2 is 1.56 bits per heavy atom. The van der Waals surface area contributed by atoms with Gasteiger partial charge >= 0.3 is 0 Å². The fourth-order valence-electron chi connectivity index (χ4n) is 1.02. The molecular formula is C12H27IO2Si. The van der Waals surface area contributed by atoms with E-state index in [1.165, 1.54) is 0 Å². The van der Waals surface area contributed by atoms with Crippen molar-refractivity contribution in [2.75, 3.05) is 7.11 Å². The number of rotatable bonds is 5. The highest BCUT2D eigenvalue weighted by molar-refractivity contribution is 14.1. The van der Waals surface area contributed by atoms with Crippen LogP contribution in [0.2, 0.25) is 18.1 Å². The highest BCUT2D eigenvalue weighted by Gasteiger charge is 2.40. The minimum Gasteiger partial charge on any atom is -0.391 e. The van der Waals surface area contributed by atoms with E-state index >= 15 is 0 Å². The number of halogens is 1. The van der Waals surface area contributed by atoms with Crippen molar-refractivity contribution in [3.63, 3.8) is 0 Å². The van der Waals surface area contributed by atoms with Crippen LogP contribution in [-0.4, -0.2) is 25.6 Å². The lowest BCUT2D eigenvalue weighted by Crippen LogP contribution is -2.47. The van der Waals surface area contributed by atoms with Crippen LogP contribution in [0, 0.1) is 5.92 Å². The molecule has 0 saturated heterocycles. The van der Waals surface area contributed by atoms with Crippen molar-refractivity contribution >= 4 is 30.9 Å². The number of hydrogen-bond donors (Lipinski definition) is 0. The summed E-state index contributed by atoms with van der Waals surface area (Å²) in [5.41, 5.74) is 0. The predicted molar refractivity (Wildman–Crippen MR) is 81.7 cm³/mol. The Hall–Kier alpha value is 0.867. The molecular weight excluding hydrogens is 331 g/mol. The zero-order valence-corrected chi connectivity index (χ0v) is 15.1. The quantitative estimate of drug-likeness (QED) is 0.313. The fourth-order valence-corrected chi connectivity index (χ4v) is 2.92. The van der Waals surface area contributed by atoms with E-state index < -0.39 is 8.32 Å². The minimum absolute atomic E-state index is 0.0820. The molecule has 0 aromatic carbocycles.